The molecule has 0 amide bonds. The van der Waals surface area contributed by atoms with Gasteiger partial charge in [-0.2, -0.15) is 5.26 Å². The number of para-hydroxylation sites is 1. The molecule has 1 heterocycles. The van der Waals surface area contributed by atoms with Gasteiger partial charge in [0.1, 0.15) is 5.01 Å². The Labute approximate surface area is 127 Å². The highest BCUT2D eigenvalue weighted by Gasteiger charge is 2.10. The van der Waals surface area contributed by atoms with Crippen molar-refractivity contribution in [1.29, 1.82) is 5.26 Å². The number of nitriles is 1. The molecule has 0 saturated heterocycles. The molecule has 3 aromatic rings. The maximum Gasteiger partial charge on any atom is 0.111 e. The van der Waals surface area contributed by atoms with Crippen LogP contribution in [0.25, 0.3) is 10.2 Å². The van der Waals surface area contributed by atoms with Crippen LogP contribution in [0.4, 0.5) is 0 Å². The van der Waals surface area contributed by atoms with Gasteiger partial charge in [0.2, 0.25) is 0 Å². The summed E-state index contributed by atoms with van der Waals surface area (Å²) < 4.78 is 1.22. The predicted molar refractivity (Wildman–Crippen MR) is 86.0 cm³/mol. The van der Waals surface area contributed by atoms with Gasteiger partial charge in [0.15, 0.2) is 0 Å². The number of nitrogens with zero attached hydrogens (tertiary/aromatic N) is 2. The third kappa shape index (κ3) is 3.10. The Balaban J connectivity index is 1.71. The molecule has 104 valence electrons. The van der Waals surface area contributed by atoms with E-state index in [-0.39, 0.29) is 6.04 Å². The third-order valence-corrected chi connectivity index (χ3v) is 4.57. The monoisotopic (exact) mass is 293 g/mol. The fourth-order valence-electron chi connectivity index (χ4n) is 2.18. The normalized spacial score (nSPS) is 12.2. The minimum atomic E-state index is 0.188. The lowest BCUT2D eigenvalue weighted by Gasteiger charge is -2.11. The first-order chi connectivity index (χ1) is 10.3. The second-order valence-electron chi connectivity index (χ2n) is 4.93. The summed E-state index contributed by atoms with van der Waals surface area (Å²) in [6, 6.07) is 18.2. The molecule has 1 unspecified atom stereocenters. The Hall–Kier alpha value is -2.22. The smallest absolute Gasteiger partial charge is 0.111 e. The van der Waals surface area contributed by atoms with E-state index >= 15 is 0 Å². The highest BCUT2D eigenvalue weighted by atomic mass is 32.1. The van der Waals surface area contributed by atoms with Crippen molar-refractivity contribution in [2.45, 2.75) is 19.5 Å². The molecule has 0 aliphatic carbocycles. The summed E-state index contributed by atoms with van der Waals surface area (Å²) in [5.41, 5.74) is 2.86. The number of benzene rings is 2. The molecule has 1 aromatic heterocycles. The molecule has 0 radical (unpaired) electrons. The van der Waals surface area contributed by atoms with Crippen LogP contribution in [0.2, 0.25) is 0 Å². The van der Waals surface area contributed by atoms with Crippen LogP contribution in [0, 0.1) is 11.3 Å². The van der Waals surface area contributed by atoms with Crippen LogP contribution in [0.5, 0.6) is 0 Å². The Bertz CT molecular complexity index is 768. The van der Waals surface area contributed by atoms with Gasteiger partial charge in [0.05, 0.1) is 27.9 Å². The number of nitrogens with one attached hydrogen (secondary N) is 1. The zero-order valence-electron chi connectivity index (χ0n) is 11.7. The van der Waals surface area contributed by atoms with Crippen molar-refractivity contribution in [3.8, 4) is 6.07 Å². The van der Waals surface area contributed by atoms with Gasteiger partial charge >= 0.3 is 0 Å². The topological polar surface area (TPSA) is 48.7 Å². The SMILES string of the molecule is CC(NCc1cccc(C#N)c1)c1nc2ccccc2s1. The molecule has 0 saturated carbocycles. The lowest BCUT2D eigenvalue weighted by Crippen LogP contribution is -2.17. The average molecular weight is 293 g/mol. The van der Waals surface area contributed by atoms with E-state index in [1.54, 1.807) is 11.3 Å². The molecule has 0 fully saturated rings. The Morgan fingerprint density at radius 3 is 2.90 bits per heavy atom. The third-order valence-electron chi connectivity index (χ3n) is 3.35. The molecule has 3 nitrogen and oxygen atoms in total. The van der Waals surface area contributed by atoms with E-state index < -0.39 is 0 Å². The number of rotatable bonds is 4. The number of hydrogen-bond donors (Lipinski definition) is 1. The van der Waals surface area contributed by atoms with Gasteiger partial charge in [-0.25, -0.2) is 4.98 Å². The number of fused-ring (bicyclic) bond motifs is 1. The average Bonchev–Trinajstić information content (AvgIpc) is 2.97. The predicted octanol–water partition coefficient (Wildman–Crippen LogP) is 4.02. The first-order valence-corrected chi connectivity index (χ1v) is 7.66. The lowest BCUT2D eigenvalue weighted by molar-refractivity contribution is 0.573. The highest BCUT2D eigenvalue weighted by molar-refractivity contribution is 7.18. The molecule has 0 aliphatic rings. The van der Waals surface area contributed by atoms with Gasteiger partial charge in [-0.05, 0) is 36.8 Å². The molecular formula is C17H15N3S. The van der Waals surface area contributed by atoms with Gasteiger partial charge in [-0.3, -0.25) is 0 Å². The maximum absolute atomic E-state index is 8.92. The van der Waals surface area contributed by atoms with E-state index in [2.05, 4.69) is 29.4 Å². The summed E-state index contributed by atoms with van der Waals surface area (Å²) >= 11 is 1.72. The Morgan fingerprint density at radius 2 is 2.10 bits per heavy atom. The first kappa shape index (κ1) is 13.7. The molecule has 21 heavy (non-hydrogen) atoms. The van der Waals surface area contributed by atoms with Gasteiger partial charge < -0.3 is 5.32 Å². The van der Waals surface area contributed by atoms with E-state index in [0.29, 0.717) is 5.56 Å². The molecule has 1 N–H and O–H groups in total. The van der Waals surface area contributed by atoms with Crippen LogP contribution >= 0.6 is 11.3 Å². The molecule has 4 heteroatoms. The lowest BCUT2D eigenvalue weighted by atomic mass is 10.1. The Kier molecular flexibility index (Phi) is 3.96. The summed E-state index contributed by atoms with van der Waals surface area (Å²) in [4.78, 5) is 4.66. The maximum atomic E-state index is 8.92. The van der Waals surface area contributed by atoms with E-state index in [1.807, 2.05) is 42.5 Å². The van der Waals surface area contributed by atoms with Gasteiger partial charge in [0, 0.05) is 6.54 Å². The minimum absolute atomic E-state index is 0.188. The molecule has 1 atom stereocenters. The van der Waals surface area contributed by atoms with E-state index in [4.69, 9.17) is 5.26 Å². The van der Waals surface area contributed by atoms with E-state index in [1.165, 1.54) is 4.70 Å². The van der Waals surface area contributed by atoms with E-state index in [0.717, 1.165) is 22.6 Å². The molecule has 0 aliphatic heterocycles. The van der Waals surface area contributed by atoms with Gasteiger partial charge in [-0.15, -0.1) is 11.3 Å². The van der Waals surface area contributed by atoms with Crippen molar-refractivity contribution >= 4 is 21.6 Å². The van der Waals surface area contributed by atoms with Crippen LogP contribution in [-0.4, -0.2) is 4.98 Å². The van der Waals surface area contributed by atoms with E-state index in [9.17, 15) is 0 Å². The molecule has 3 rings (SSSR count). The van der Waals surface area contributed by atoms with Crippen LogP contribution in [-0.2, 0) is 6.54 Å². The number of aromatic nitrogens is 1. The second-order valence-corrected chi connectivity index (χ2v) is 6.00. The van der Waals surface area contributed by atoms with Crippen molar-refractivity contribution in [3.63, 3.8) is 0 Å². The van der Waals surface area contributed by atoms with Gasteiger partial charge in [-0.1, -0.05) is 24.3 Å². The van der Waals surface area contributed by atoms with Crippen molar-refractivity contribution in [3.05, 3.63) is 64.7 Å². The summed E-state index contributed by atoms with van der Waals surface area (Å²) in [7, 11) is 0. The second kappa shape index (κ2) is 6.04. The molecular weight excluding hydrogens is 278 g/mol. The van der Waals surface area contributed by atoms with Crippen LogP contribution in [0.3, 0.4) is 0 Å². The number of hydrogen-bond acceptors (Lipinski definition) is 4. The molecule has 2 aromatic carbocycles. The Morgan fingerprint density at radius 1 is 1.24 bits per heavy atom. The highest BCUT2D eigenvalue weighted by Crippen LogP contribution is 2.26. The standard InChI is InChI=1S/C17H15N3S/c1-12(17-20-15-7-2-3-8-16(15)21-17)19-11-14-6-4-5-13(9-14)10-18/h2-9,12,19H,11H2,1H3. The summed E-state index contributed by atoms with van der Waals surface area (Å²) in [6.07, 6.45) is 0. The largest absolute Gasteiger partial charge is 0.304 e. The van der Waals surface area contributed by atoms with Crippen molar-refractivity contribution in [1.82, 2.24) is 10.3 Å². The summed E-state index contributed by atoms with van der Waals surface area (Å²) in [5, 5.41) is 13.5. The molecule has 0 bridgehead atoms. The molecule has 0 spiro atoms. The number of thiazole rings is 1. The zero-order chi connectivity index (χ0) is 14.7. The summed E-state index contributed by atoms with van der Waals surface area (Å²) in [5.74, 6) is 0. The zero-order valence-corrected chi connectivity index (χ0v) is 12.5. The minimum Gasteiger partial charge on any atom is -0.304 e. The van der Waals surface area contributed by atoms with Crippen molar-refractivity contribution in [2.75, 3.05) is 0 Å². The fraction of sp³-hybridized carbons (Fsp3) is 0.176. The van der Waals surface area contributed by atoms with Crippen LogP contribution < -0.4 is 5.32 Å². The first-order valence-electron chi connectivity index (χ1n) is 6.84. The van der Waals surface area contributed by atoms with Gasteiger partial charge in [0.25, 0.3) is 0 Å². The van der Waals surface area contributed by atoms with Crippen LogP contribution in [0.1, 0.15) is 29.1 Å². The quantitative estimate of drug-likeness (QED) is 0.790. The van der Waals surface area contributed by atoms with Crippen LogP contribution in [0.15, 0.2) is 48.5 Å². The summed E-state index contributed by atoms with van der Waals surface area (Å²) in [6.45, 7) is 2.85. The van der Waals surface area contributed by atoms with Crippen molar-refractivity contribution in [2.24, 2.45) is 0 Å². The fourth-order valence-corrected chi connectivity index (χ4v) is 3.18. The van der Waals surface area contributed by atoms with Crippen molar-refractivity contribution < 1.29 is 0 Å².